The first-order valence-corrected chi connectivity index (χ1v) is 34.0. The minimum atomic E-state index is -0.358. The second kappa shape index (κ2) is 35.2. The number of nitriles is 3. The van der Waals surface area contributed by atoms with E-state index in [2.05, 4.69) is 156 Å². The van der Waals surface area contributed by atoms with Gasteiger partial charge in [0, 0.05) is 134 Å². The predicted octanol–water partition coefficient (Wildman–Crippen LogP) is 10.5. The molecule has 8 rings (SSSR count). The number of anilines is 11. The highest BCUT2D eigenvalue weighted by atomic mass is 16.6. The van der Waals surface area contributed by atoms with Gasteiger partial charge in [-0.1, -0.05) is 87.4 Å². The molecule has 6 aromatic rings. The molecule has 6 N–H and O–H groups in total. The number of hydrogen-bond donors (Lipinski definition) is 6. The summed E-state index contributed by atoms with van der Waals surface area (Å²) >= 11 is 0. The van der Waals surface area contributed by atoms with Gasteiger partial charge >= 0.3 is 0 Å². The van der Waals surface area contributed by atoms with Crippen LogP contribution in [-0.4, -0.2) is 186 Å². The number of hydroxylamine groups is 1. The van der Waals surface area contributed by atoms with Crippen molar-refractivity contribution in [2.75, 3.05) is 169 Å². The Morgan fingerprint density at radius 1 is 0.490 bits per heavy atom. The van der Waals surface area contributed by atoms with Crippen LogP contribution in [0.3, 0.4) is 0 Å². The van der Waals surface area contributed by atoms with E-state index in [1.807, 2.05) is 81.7 Å². The Morgan fingerprint density at radius 2 is 0.820 bits per heavy atom. The van der Waals surface area contributed by atoms with Crippen LogP contribution in [0.4, 0.5) is 63.9 Å². The molecule has 2 aliphatic heterocycles. The molecule has 0 aliphatic carbocycles. The fourth-order valence-corrected chi connectivity index (χ4v) is 11.6. The maximum absolute atomic E-state index is 12.3. The van der Waals surface area contributed by atoms with Crippen LogP contribution >= 0.6 is 0 Å². The van der Waals surface area contributed by atoms with E-state index in [1.165, 1.54) is 7.11 Å². The molecule has 0 atom stereocenters. The molecular weight excluding hydrogens is 1260 g/mol. The van der Waals surface area contributed by atoms with Gasteiger partial charge in [0.25, 0.3) is 17.7 Å². The molecule has 100 heavy (non-hydrogen) atoms. The van der Waals surface area contributed by atoms with Crippen LogP contribution in [0.2, 0.25) is 0 Å². The van der Waals surface area contributed by atoms with E-state index in [4.69, 9.17) is 24.8 Å². The summed E-state index contributed by atoms with van der Waals surface area (Å²) < 4.78 is 0. The summed E-state index contributed by atoms with van der Waals surface area (Å²) in [5.41, 5.74) is 9.99. The zero-order chi connectivity index (χ0) is 74.0. The van der Waals surface area contributed by atoms with Crippen LogP contribution < -0.4 is 56.6 Å². The first kappa shape index (κ1) is 79.0. The highest BCUT2D eigenvalue weighted by Crippen LogP contribution is 2.36. The number of nitrogens with one attached hydrogen (secondary N) is 6. The molecule has 3 amide bonds. The van der Waals surface area contributed by atoms with E-state index in [0.717, 1.165) is 106 Å². The minimum absolute atomic E-state index is 0.00509. The Bertz CT molecular complexity index is 3970. The Morgan fingerprint density at radius 3 is 1.13 bits per heavy atom. The Hall–Kier alpha value is -9.94. The topological polar surface area (TPSA) is 304 Å². The number of nitrogens with zero attached hydrogens (tertiary/aromatic N) is 16. The van der Waals surface area contributed by atoms with Crippen LogP contribution in [0.5, 0.6) is 0 Å². The smallest absolute Gasteiger partial charge is 0.274 e. The average Bonchev–Trinajstić information content (AvgIpc) is 0.915. The number of benzene rings is 3. The van der Waals surface area contributed by atoms with Gasteiger partial charge in [0.1, 0.15) is 40.7 Å². The fourth-order valence-electron chi connectivity index (χ4n) is 11.6. The maximum atomic E-state index is 12.3. The van der Waals surface area contributed by atoms with Gasteiger partial charge in [-0.25, -0.2) is 15.4 Å². The van der Waals surface area contributed by atoms with Crippen LogP contribution in [0.1, 0.15) is 152 Å². The third-order valence-electron chi connectivity index (χ3n) is 16.5. The lowest BCUT2D eigenvalue weighted by Crippen LogP contribution is -2.33. The average molecular weight is 1370 g/mol. The summed E-state index contributed by atoms with van der Waals surface area (Å²) in [5.74, 6) is 4.27. The molecule has 2 saturated heterocycles. The molecule has 2 aliphatic rings. The summed E-state index contributed by atoms with van der Waals surface area (Å²) in [6, 6.07) is 23.1. The zero-order valence-electron chi connectivity index (χ0n) is 62.9. The lowest BCUT2D eigenvalue weighted by atomic mass is 9.96. The van der Waals surface area contributed by atoms with Gasteiger partial charge in [-0.3, -0.25) is 19.2 Å². The Labute approximate surface area is 592 Å². The number of aryl methyl sites for hydroxylation is 4. The second-order valence-electron chi connectivity index (χ2n) is 29.3. The Kier molecular flexibility index (Phi) is 27.8. The third kappa shape index (κ3) is 22.3. The first-order chi connectivity index (χ1) is 47.1. The number of hydrogen-bond acceptors (Lipinski definition) is 23. The number of amides is 3. The van der Waals surface area contributed by atoms with Crippen molar-refractivity contribution < 1.29 is 19.2 Å². The van der Waals surface area contributed by atoms with Gasteiger partial charge < -0.3 is 60.9 Å². The summed E-state index contributed by atoms with van der Waals surface area (Å²) in [7, 11) is 14.7. The molecule has 26 nitrogen and oxygen atoms in total. The van der Waals surface area contributed by atoms with E-state index < -0.39 is 0 Å². The van der Waals surface area contributed by atoms with Gasteiger partial charge in [-0.05, 0) is 130 Å². The number of aromatic nitrogens is 6. The van der Waals surface area contributed by atoms with Crippen molar-refractivity contribution >= 4 is 81.6 Å². The van der Waals surface area contributed by atoms with Gasteiger partial charge in [-0.15, -0.1) is 0 Å². The number of rotatable bonds is 19. The van der Waals surface area contributed by atoms with Gasteiger partial charge in [0.2, 0.25) is 11.9 Å². The maximum Gasteiger partial charge on any atom is 0.274 e. The molecule has 3 aromatic carbocycles. The molecule has 26 heteroatoms. The quantitative estimate of drug-likeness (QED) is 0.0411. The molecule has 0 spiro atoms. The van der Waals surface area contributed by atoms with Gasteiger partial charge in [0.15, 0.2) is 34.9 Å². The van der Waals surface area contributed by atoms with Crippen molar-refractivity contribution in [3.63, 3.8) is 0 Å². The van der Waals surface area contributed by atoms with Crippen LogP contribution in [-0.2, 0) is 11.3 Å². The molecule has 536 valence electrons. The van der Waals surface area contributed by atoms with E-state index in [0.29, 0.717) is 105 Å². The van der Waals surface area contributed by atoms with Crippen LogP contribution in [0.15, 0.2) is 54.6 Å². The van der Waals surface area contributed by atoms with Crippen molar-refractivity contribution in [1.29, 1.82) is 15.8 Å². The number of likely N-dealkylation sites (N-methyl/N-ethyl adjacent to an activating group) is 2. The van der Waals surface area contributed by atoms with E-state index in [1.54, 1.807) is 50.5 Å². The largest absolute Gasteiger partial charge is 0.358 e. The lowest BCUT2D eigenvalue weighted by molar-refractivity contribution is 0.0537. The summed E-state index contributed by atoms with van der Waals surface area (Å²) in [4.78, 5) is 85.0. The van der Waals surface area contributed by atoms with Crippen molar-refractivity contribution in [1.82, 2.24) is 55.8 Å². The minimum Gasteiger partial charge on any atom is -0.358 e. The van der Waals surface area contributed by atoms with Crippen LogP contribution in [0, 0.1) is 71.0 Å². The monoisotopic (exact) mass is 1370 g/mol. The normalized spacial score (nSPS) is 13.6. The van der Waals surface area contributed by atoms with Gasteiger partial charge in [0.05, 0.1) is 7.11 Å². The van der Waals surface area contributed by atoms with E-state index >= 15 is 0 Å². The van der Waals surface area contributed by atoms with Crippen molar-refractivity contribution in [2.45, 2.75) is 109 Å². The zero-order valence-corrected chi connectivity index (χ0v) is 62.9. The highest BCUT2D eigenvalue weighted by molar-refractivity contribution is 5.97. The van der Waals surface area contributed by atoms with E-state index in [-0.39, 0.29) is 34.0 Å². The number of carbonyl (C=O) groups excluding carboxylic acids is 3. The molecule has 5 heterocycles. The number of carbonyl (C=O) groups is 3. The molecule has 2 fully saturated rings. The molecule has 0 radical (unpaired) electrons. The lowest BCUT2D eigenvalue weighted by Gasteiger charge is -2.30. The molecule has 0 bridgehead atoms. The fraction of sp³-hybridized carbons (Fsp3) is 0.514. The van der Waals surface area contributed by atoms with Crippen molar-refractivity contribution in [2.24, 2.45) is 16.2 Å². The first-order valence-electron chi connectivity index (χ1n) is 34.0. The highest BCUT2D eigenvalue weighted by Gasteiger charge is 2.29. The standard InChI is InChI=1S/C26H38N8O2.C26H38N8O.C22H30N6O/c1-18-9-10-19(24(35)31-36-7)15-21(18)28-22-20(16-27)23(33(6)17-26(2,3)4)30-25(29-22)34-12-8-11-32(5)13-14-34;1-18-9-10-19(24(35)28-5)15-21(18)29-22-20(16-27)23(33(7)17-26(2,3)4)31-25(30-22)34-12-8-11-32(6)13-14-34;1-8-18-26-19(16(12-23)20(27-18)28(7)13-22(3,4)5)25-17-11-15(21(29)24-6)10-9-14(17)2/h9-10,15H,8,11-14,17H2,1-7H3,(H,31,35)(H,28,29,30);9-10,15H,8,11-14,17H2,1-7H3,(H,28,35)(H,29,30,31);9-11H,8,13H2,1-7H3,(H,24,29)(H,25,26,27). The molecule has 3 aromatic heterocycles. The molecule has 0 unspecified atom stereocenters. The molecular formula is C74H106N22O4. The summed E-state index contributed by atoms with van der Waals surface area (Å²) in [6.45, 7) is 36.6. The predicted molar refractivity (Wildman–Crippen MR) is 401 cm³/mol. The van der Waals surface area contributed by atoms with Gasteiger partial charge in [-0.2, -0.15) is 35.7 Å². The van der Waals surface area contributed by atoms with Crippen LogP contribution in [0.25, 0.3) is 0 Å². The summed E-state index contributed by atoms with van der Waals surface area (Å²) in [5, 5.41) is 45.5. The van der Waals surface area contributed by atoms with Crippen molar-refractivity contribution in [3.8, 4) is 18.2 Å². The summed E-state index contributed by atoms with van der Waals surface area (Å²) in [6.07, 6.45) is 2.67. The SMILES string of the molecule is CCc1nc(Nc2cc(C(=O)NC)ccc2C)c(C#N)c(N(C)CC(C)(C)C)n1.CNC(=O)c1ccc(C)c(Nc2nc(N3CCCN(C)CC3)nc(N(C)CC(C)(C)C)c2C#N)c1.CONC(=O)c1ccc(C)c(Nc2nc(N3CCCN(C)CC3)nc(N(C)CC(C)(C)C)c2C#N)c1. The second-order valence-corrected chi connectivity index (χ2v) is 29.3. The van der Waals surface area contributed by atoms with E-state index in [9.17, 15) is 30.2 Å². The Balaban J connectivity index is 0.000000238. The van der Waals surface area contributed by atoms with Crippen molar-refractivity contribution in [3.05, 3.63) is 110 Å². The molecule has 0 saturated carbocycles. The third-order valence-corrected chi connectivity index (χ3v) is 16.5.